The summed E-state index contributed by atoms with van der Waals surface area (Å²) in [5.74, 6) is -0.129. The molecule has 0 aliphatic carbocycles. The van der Waals surface area contributed by atoms with Gasteiger partial charge in [0, 0.05) is 26.6 Å². The number of nitriles is 1. The summed E-state index contributed by atoms with van der Waals surface area (Å²) in [5.41, 5.74) is 1.02. The van der Waals surface area contributed by atoms with Gasteiger partial charge in [-0.2, -0.15) is 5.26 Å². The summed E-state index contributed by atoms with van der Waals surface area (Å²) >= 11 is 0. The van der Waals surface area contributed by atoms with Gasteiger partial charge in [-0.3, -0.25) is 4.79 Å². The first-order chi connectivity index (χ1) is 8.67. The quantitative estimate of drug-likeness (QED) is 0.823. The van der Waals surface area contributed by atoms with Crippen molar-refractivity contribution < 1.29 is 4.79 Å². The van der Waals surface area contributed by atoms with Crippen LogP contribution in [-0.2, 0) is 4.79 Å². The normalized spacial score (nSPS) is 11.9. The number of carbonyl (C=O) groups is 1. The van der Waals surface area contributed by atoms with E-state index in [1.165, 1.54) is 0 Å². The first-order valence-electron chi connectivity index (χ1n) is 6.01. The molecule has 0 radical (unpaired) electrons. The highest BCUT2D eigenvalue weighted by atomic mass is 16.1. The second kappa shape index (κ2) is 7.46. The molecule has 1 N–H and O–H groups in total. The molecule has 1 aromatic rings. The zero-order valence-corrected chi connectivity index (χ0v) is 10.9. The molecule has 0 aromatic heterocycles. The van der Waals surface area contributed by atoms with E-state index in [0.717, 1.165) is 5.56 Å². The third-order valence-electron chi connectivity index (χ3n) is 2.85. The van der Waals surface area contributed by atoms with Crippen molar-refractivity contribution in [2.24, 2.45) is 0 Å². The molecule has 1 aromatic carbocycles. The minimum atomic E-state index is -0.152. The zero-order chi connectivity index (χ0) is 13.4. The molecule has 0 heterocycles. The van der Waals surface area contributed by atoms with Gasteiger partial charge in [0.15, 0.2) is 0 Å². The van der Waals surface area contributed by atoms with Crippen LogP contribution < -0.4 is 5.32 Å². The molecule has 4 nitrogen and oxygen atoms in total. The Morgan fingerprint density at radius 3 is 2.67 bits per heavy atom. The maximum atomic E-state index is 11.1. The maximum absolute atomic E-state index is 11.1. The summed E-state index contributed by atoms with van der Waals surface area (Å²) in [6, 6.07) is 12.0. The highest BCUT2D eigenvalue weighted by molar-refractivity contribution is 5.75. The SMILES string of the molecule is CNC(=O)CCN(C)CC(C#N)c1ccccc1. The van der Waals surface area contributed by atoms with Crippen LogP contribution in [0.2, 0.25) is 0 Å². The molecular weight excluding hydrogens is 226 g/mol. The topological polar surface area (TPSA) is 56.1 Å². The van der Waals surface area contributed by atoms with Crippen molar-refractivity contribution in [3.63, 3.8) is 0 Å². The van der Waals surface area contributed by atoms with Crippen LogP contribution in [0.25, 0.3) is 0 Å². The highest BCUT2D eigenvalue weighted by Gasteiger charge is 2.13. The van der Waals surface area contributed by atoms with Crippen molar-refractivity contribution in [2.45, 2.75) is 12.3 Å². The van der Waals surface area contributed by atoms with Crippen molar-refractivity contribution in [3.05, 3.63) is 35.9 Å². The average Bonchev–Trinajstić information content (AvgIpc) is 2.43. The number of hydrogen-bond donors (Lipinski definition) is 1. The molecule has 18 heavy (non-hydrogen) atoms. The lowest BCUT2D eigenvalue weighted by atomic mass is 10.0. The molecule has 0 fully saturated rings. The first kappa shape index (κ1) is 14.2. The molecule has 1 atom stereocenters. The summed E-state index contributed by atoms with van der Waals surface area (Å²) in [6.45, 7) is 1.29. The molecule has 0 spiro atoms. The van der Waals surface area contributed by atoms with Gasteiger partial charge < -0.3 is 10.2 Å². The van der Waals surface area contributed by atoms with Gasteiger partial charge in [0.2, 0.25) is 5.91 Å². The molecule has 0 aliphatic rings. The monoisotopic (exact) mass is 245 g/mol. The summed E-state index contributed by atoms with van der Waals surface area (Å²) in [7, 11) is 3.56. The number of rotatable bonds is 6. The van der Waals surface area contributed by atoms with Crippen molar-refractivity contribution in [2.75, 3.05) is 27.2 Å². The van der Waals surface area contributed by atoms with Crippen molar-refractivity contribution in [1.29, 1.82) is 5.26 Å². The number of amides is 1. The summed E-state index contributed by atoms with van der Waals surface area (Å²) in [5, 5.41) is 11.8. The van der Waals surface area contributed by atoms with Crippen LogP contribution in [0, 0.1) is 11.3 Å². The van der Waals surface area contributed by atoms with Crippen molar-refractivity contribution >= 4 is 5.91 Å². The molecule has 1 unspecified atom stereocenters. The van der Waals surface area contributed by atoms with Gasteiger partial charge in [-0.1, -0.05) is 30.3 Å². The third-order valence-corrected chi connectivity index (χ3v) is 2.85. The van der Waals surface area contributed by atoms with Gasteiger partial charge in [-0.25, -0.2) is 0 Å². The van der Waals surface area contributed by atoms with Gasteiger partial charge in [-0.05, 0) is 12.6 Å². The zero-order valence-electron chi connectivity index (χ0n) is 10.9. The van der Waals surface area contributed by atoms with Crippen LogP contribution >= 0.6 is 0 Å². The van der Waals surface area contributed by atoms with E-state index < -0.39 is 0 Å². The van der Waals surface area contributed by atoms with Crippen LogP contribution in [0.3, 0.4) is 0 Å². The highest BCUT2D eigenvalue weighted by Crippen LogP contribution is 2.15. The lowest BCUT2D eigenvalue weighted by molar-refractivity contribution is -0.120. The smallest absolute Gasteiger partial charge is 0.221 e. The van der Waals surface area contributed by atoms with E-state index in [0.29, 0.717) is 19.5 Å². The van der Waals surface area contributed by atoms with Crippen LogP contribution in [0.4, 0.5) is 0 Å². The van der Waals surface area contributed by atoms with Gasteiger partial charge >= 0.3 is 0 Å². The average molecular weight is 245 g/mol. The van der Waals surface area contributed by atoms with E-state index in [1.54, 1.807) is 7.05 Å². The minimum Gasteiger partial charge on any atom is -0.359 e. The van der Waals surface area contributed by atoms with Crippen LogP contribution in [0.15, 0.2) is 30.3 Å². The van der Waals surface area contributed by atoms with Crippen LogP contribution in [0.5, 0.6) is 0 Å². The number of benzene rings is 1. The number of carbonyl (C=O) groups excluding carboxylic acids is 1. The lowest BCUT2D eigenvalue weighted by Gasteiger charge is -2.19. The number of hydrogen-bond acceptors (Lipinski definition) is 3. The van der Waals surface area contributed by atoms with Crippen molar-refractivity contribution in [1.82, 2.24) is 10.2 Å². The number of nitrogens with zero attached hydrogens (tertiary/aromatic N) is 2. The summed E-state index contributed by atoms with van der Waals surface area (Å²) in [6.07, 6.45) is 0.458. The molecule has 0 bridgehead atoms. The van der Waals surface area contributed by atoms with Gasteiger partial charge in [0.05, 0.1) is 12.0 Å². The van der Waals surface area contributed by atoms with E-state index in [-0.39, 0.29) is 11.8 Å². The Labute approximate surface area is 108 Å². The maximum Gasteiger partial charge on any atom is 0.221 e. The van der Waals surface area contributed by atoms with E-state index in [2.05, 4.69) is 11.4 Å². The standard InChI is InChI=1S/C14H19N3O/c1-16-14(18)8-9-17(2)11-13(10-15)12-6-4-3-5-7-12/h3-7,13H,8-9,11H2,1-2H3,(H,16,18). The van der Waals surface area contributed by atoms with Crippen molar-refractivity contribution in [3.8, 4) is 6.07 Å². The second-order valence-electron chi connectivity index (χ2n) is 4.28. The molecule has 4 heteroatoms. The Bertz CT molecular complexity index is 411. The second-order valence-corrected chi connectivity index (χ2v) is 4.28. The van der Waals surface area contributed by atoms with Gasteiger partial charge in [-0.15, -0.1) is 0 Å². The molecule has 96 valence electrons. The fraction of sp³-hybridized carbons (Fsp3) is 0.429. The van der Waals surface area contributed by atoms with Crippen LogP contribution in [0.1, 0.15) is 17.9 Å². The molecule has 1 amide bonds. The Kier molecular flexibility index (Phi) is 5.89. The lowest BCUT2D eigenvalue weighted by Crippen LogP contribution is -2.29. The molecule has 0 saturated heterocycles. The molecule has 1 rings (SSSR count). The van der Waals surface area contributed by atoms with E-state index in [9.17, 15) is 10.1 Å². The molecular formula is C14H19N3O. The van der Waals surface area contributed by atoms with Gasteiger partial charge in [0.25, 0.3) is 0 Å². The minimum absolute atomic E-state index is 0.0232. The van der Waals surface area contributed by atoms with E-state index in [1.807, 2.05) is 42.3 Å². The first-order valence-corrected chi connectivity index (χ1v) is 6.01. The Balaban J connectivity index is 2.49. The summed E-state index contributed by atoms with van der Waals surface area (Å²) < 4.78 is 0. The fourth-order valence-corrected chi connectivity index (χ4v) is 1.73. The summed E-state index contributed by atoms with van der Waals surface area (Å²) in [4.78, 5) is 13.1. The van der Waals surface area contributed by atoms with E-state index in [4.69, 9.17) is 0 Å². The molecule has 0 aliphatic heterocycles. The Hall–Kier alpha value is -1.86. The predicted molar refractivity (Wildman–Crippen MR) is 71.0 cm³/mol. The third kappa shape index (κ3) is 4.56. The number of nitrogens with one attached hydrogen (secondary N) is 1. The predicted octanol–water partition coefficient (Wildman–Crippen LogP) is 1.36. The van der Waals surface area contributed by atoms with Crippen LogP contribution in [-0.4, -0.2) is 38.0 Å². The fourth-order valence-electron chi connectivity index (χ4n) is 1.73. The van der Waals surface area contributed by atoms with Gasteiger partial charge in [0.1, 0.15) is 0 Å². The Morgan fingerprint density at radius 1 is 1.44 bits per heavy atom. The van der Waals surface area contributed by atoms with E-state index >= 15 is 0 Å². The number of likely N-dealkylation sites (N-methyl/N-ethyl adjacent to an activating group) is 1. The molecule has 0 saturated carbocycles. The Morgan fingerprint density at radius 2 is 2.11 bits per heavy atom. The largest absolute Gasteiger partial charge is 0.359 e.